The first-order chi connectivity index (χ1) is 9.41. The Labute approximate surface area is 118 Å². The van der Waals surface area contributed by atoms with E-state index in [4.69, 9.17) is 16.8 Å². The Bertz CT molecular complexity index is 515. The molecule has 8 heteroatoms. The molecule has 0 amide bonds. The largest absolute Gasteiger partial charge is 0.341 e. The molecule has 0 atom stereocenters. The maximum Gasteiger partial charge on any atom is 0.251 e. The molecule has 110 valence electrons. The number of aliphatic imine (C=N–C) groups is 1. The summed E-state index contributed by atoms with van der Waals surface area (Å²) >= 11 is 5.62. The number of guanidine groups is 1. The molecule has 1 fully saturated rings. The molecule has 0 radical (unpaired) electrons. The van der Waals surface area contributed by atoms with E-state index in [1.54, 1.807) is 0 Å². The molecule has 0 aromatic heterocycles. The molecule has 0 bridgehead atoms. The number of benzene rings is 1. The summed E-state index contributed by atoms with van der Waals surface area (Å²) in [6.07, 6.45) is -0.615. The zero-order chi connectivity index (χ0) is 14.8. The average Bonchev–Trinajstić information content (AvgIpc) is 2.40. The predicted molar refractivity (Wildman–Crippen MR) is 69.2 cm³/mol. The normalized spacial score (nSPS) is 19.1. The molecule has 0 saturated carbocycles. The maximum absolute atomic E-state index is 13.1. The first kappa shape index (κ1) is 14.9. The summed E-state index contributed by atoms with van der Waals surface area (Å²) in [6, 6.07) is 3.80. The van der Waals surface area contributed by atoms with Gasteiger partial charge < -0.3 is 4.90 Å². The highest BCUT2D eigenvalue weighted by Crippen LogP contribution is 2.28. The first-order valence-corrected chi connectivity index (χ1v) is 6.36. The van der Waals surface area contributed by atoms with Gasteiger partial charge in [0.1, 0.15) is 5.82 Å². The molecular formula is C12H13ClF3N3O. The predicted octanol–water partition coefficient (Wildman–Crippen LogP) is 3.18. The number of piperidine rings is 1. The minimum absolute atomic E-state index is 0.0307. The number of nitrogens with zero attached hydrogens (tertiary/aromatic N) is 2. The van der Waals surface area contributed by atoms with E-state index in [9.17, 15) is 13.2 Å². The van der Waals surface area contributed by atoms with Crippen molar-refractivity contribution in [3.05, 3.63) is 29.0 Å². The fraction of sp³-hybridized carbons (Fsp3) is 0.417. The van der Waals surface area contributed by atoms with Gasteiger partial charge in [-0.15, -0.1) is 0 Å². The second kappa shape index (κ2) is 5.88. The van der Waals surface area contributed by atoms with Crippen LogP contribution in [-0.4, -0.2) is 35.1 Å². The molecule has 1 aliphatic rings. The smallest absolute Gasteiger partial charge is 0.251 e. The number of nitrogens with one attached hydrogen (secondary N) is 1. The quantitative estimate of drug-likeness (QED) is 0.476. The third kappa shape index (κ3) is 3.55. The van der Waals surface area contributed by atoms with Crippen LogP contribution in [0.15, 0.2) is 23.2 Å². The van der Waals surface area contributed by atoms with Crippen LogP contribution >= 0.6 is 11.6 Å². The summed E-state index contributed by atoms with van der Waals surface area (Å²) in [5, 5.41) is 8.97. The van der Waals surface area contributed by atoms with E-state index >= 15 is 0 Å². The molecule has 4 nitrogen and oxygen atoms in total. The van der Waals surface area contributed by atoms with Crippen molar-refractivity contribution in [2.45, 2.75) is 18.8 Å². The molecule has 0 spiro atoms. The Morgan fingerprint density at radius 2 is 2.00 bits per heavy atom. The van der Waals surface area contributed by atoms with Crippen molar-refractivity contribution in [2.75, 3.05) is 13.1 Å². The number of likely N-dealkylation sites (tertiary alicyclic amines) is 1. The van der Waals surface area contributed by atoms with Crippen molar-refractivity contribution < 1.29 is 18.4 Å². The molecule has 2 N–H and O–H groups in total. The average molecular weight is 308 g/mol. The van der Waals surface area contributed by atoms with Crippen LogP contribution in [-0.2, 0) is 0 Å². The Kier molecular flexibility index (Phi) is 4.39. The van der Waals surface area contributed by atoms with E-state index in [2.05, 4.69) is 4.99 Å². The monoisotopic (exact) mass is 307 g/mol. The molecule has 1 aliphatic heterocycles. The van der Waals surface area contributed by atoms with Crippen molar-refractivity contribution in [1.82, 2.24) is 10.4 Å². The third-order valence-electron chi connectivity index (χ3n) is 3.03. The van der Waals surface area contributed by atoms with Crippen LogP contribution in [0.3, 0.4) is 0 Å². The lowest BCUT2D eigenvalue weighted by Gasteiger charge is -2.33. The van der Waals surface area contributed by atoms with E-state index in [1.165, 1.54) is 17.0 Å². The van der Waals surface area contributed by atoms with Gasteiger partial charge in [0.05, 0.1) is 10.7 Å². The zero-order valence-electron chi connectivity index (χ0n) is 10.4. The van der Waals surface area contributed by atoms with Gasteiger partial charge in [0.2, 0.25) is 5.96 Å². The third-order valence-corrected chi connectivity index (χ3v) is 3.32. The van der Waals surface area contributed by atoms with Gasteiger partial charge in [-0.25, -0.2) is 23.6 Å². The number of rotatable bonds is 1. The Morgan fingerprint density at radius 3 is 2.55 bits per heavy atom. The van der Waals surface area contributed by atoms with E-state index in [-0.39, 0.29) is 36.9 Å². The zero-order valence-corrected chi connectivity index (χ0v) is 11.2. The Hall–Kier alpha value is -1.47. The lowest BCUT2D eigenvalue weighted by atomic mass is 10.1. The Balaban J connectivity index is 2.15. The van der Waals surface area contributed by atoms with Gasteiger partial charge in [-0.3, -0.25) is 5.21 Å². The molecule has 1 aromatic carbocycles. The van der Waals surface area contributed by atoms with Crippen LogP contribution in [0.25, 0.3) is 0 Å². The Morgan fingerprint density at radius 1 is 1.35 bits per heavy atom. The van der Waals surface area contributed by atoms with Crippen LogP contribution in [0.2, 0.25) is 5.02 Å². The lowest BCUT2D eigenvalue weighted by Crippen LogP contribution is -2.47. The van der Waals surface area contributed by atoms with Crippen molar-refractivity contribution >= 4 is 23.2 Å². The van der Waals surface area contributed by atoms with E-state index in [0.29, 0.717) is 5.69 Å². The van der Waals surface area contributed by atoms with Gasteiger partial charge in [0.15, 0.2) is 0 Å². The highest BCUT2D eigenvalue weighted by atomic mass is 35.5. The van der Waals surface area contributed by atoms with Crippen LogP contribution in [0, 0.1) is 5.82 Å². The number of hydrogen-bond acceptors (Lipinski definition) is 2. The summed E-state index contributed by atoms with van der Waals surface area (Å²) in [4.78, 5) is 5.53. The molecule has 0 unspecified atom stereocenters. The molecule has 1 saturated heterocycles. The van der Waals surface area contributed by atoms with Gasteiger partial charge in [-0.1, -0.05) is 11.6 Å². The van der Waals surface area contributed by atoms with Crippen molar-refractivity contribution in [3.8, 4) is 0 Å². The van der Waals surface area contributed by atoms with Crippen molar-refractivity contribution in [1.29, 1.82) is 0 Å². The maximum atomic E-state index is 13.1. The van der Waals surface area contributed by atoms with Gasteiger partial charge in [-0.2, -0.15) is 0 Å². The molecular weight excluding hydrogens is 295 g/mol. The van der Waals surface area contributed by atoms with E-state index < -0.39 is 11.7 Å². The second-order valence-electron chi connectivity index (χ2n) is 4.49. The number of hydroxylamine groups is 1. The van der Waals surface area contributed by atoms with Gasteiger partial charge in [-0.05, 0) is 18.2 Å². The molecule has 1 heterocycles. The summed E-state index contributed by atoms with van der Waals surface area (Å²) in [6.45, 7) is 0.128. The standard InChI is InChI=1S/C12H13ClF3N3O/c13-9-7-8(1-2-10(9)14)17-11(18-20)19-5-3-12(15,16)4-6-19/h1-2,7,20H,3-6H2,(H,17,18). The highest BCUT2D eigenvalue weighted by Gasteiger charge is 2.35. The van der Waals surface area contributed by atoms with Crippen LogP contribution in [0.4, 0.5) is 18.9 Å². The second-order valence-corrected chi connectivity index (χ2v) is 4.90. The highest BCUT2D eigenvalue weighted by molar-refractivity contribution is 6.31. The lowest BCUT2D eigenvalue weighted by molar-refractivity contribution is -0.0450. The number of alkyl halides is 2. The molecule has 20 heavy (non-hydrogen) atoms. The van der Waals surface area contributed by atoms with Crippen molar-refractivity contribution in [2.24, 2.45) is 4.99 Å². The summed E-state index contributed by atoms with van der Waals surface area (Å²) in [5.41, 5.74) is 2.19. The van der Waals surface area contributed by atoms with Crippen LogP contribution in [0.1, 0.15) is 12.8 Å². The van der Waals surface area contributed by atoms with Crippen molar-refractivity contribution in [3.63, 3.8) is 0 Å². The fourth-order valence-corrected chi connectivity index (χ4v) is 2.06. The fourth-order valence-electron chi connectivity index (χ4n) is 1.89. The number of halogens is 4. The van der Waals surface area contributed by atoms with Gasteiger partial charge in [0.25, 0.3) is 5.92 Å². The topological polar surface area (TPSA) is 47.9 Å². The van der Waals surface area contributed by atoms with Crippen LogP contribution < -0.4 is 5.48 Å². The summed E-state index contributed by atoms with van der Waals surface area (Å²) in [5.74, 6) is -3.24. The molecule has 1 aromatic rings. The molecule has 2 rings (SSSR count). The number of hydrogen-bond donors (Lipinski definition) is 2. The van der Waals surface area contributed by atoms with Gasteiger partial charge >= 0.3 is 0 Å². The van der Waals surface area contributed by atoms with Gasteiger partial charge in [0, 0.05) is 25.9 Å². The van der Waals surface area contributed by atoms with E-state index in [1.807, 2.05) is 5.48 Å². The first-order valence-electron chi connectivity index (χ1n) is 5.98. The van der Waals surface area contributed by atoms with E-state index in [0.717, 1.165) is 6.07 Å². The summed E-state index contributed by atoms with van der Waals surface area (Å²) in [7, 11) is 0. The SMILES string of the molecule is ONC(=Nc1ccc(F)c(Cl)c1)N1CCC(F)(F)CC1. The minimum atomic E-state index is -2.68. The van der Waals surface area contributed by atoms with Crippen LogP contribution in [0.5, 0.6) is 0 Å². The summed E-state index contributed by atoms with van der Waals surface area (Å²) < 4.78 is 39.1. The molecule has 0 aliphatic carbocycles. The minimum Gasteiger partial charge on any atom is -0.341 e.